The van der Waals surface area contributed by atoms with Crippen molar-refractivity contribution in [3.05, 3.63) is 36.7 Å². The van der Waals surface area contributed by atoms with Crippen LogP contribution in [0.25, 0.3) is 10.8 Å². The van der Waals surface area contributed by atoms with Gasteiger partial charge >= 0.3 is 0 Å². The topological polar surface area (TPSA) is 4.93 Å². The van der Waals surface area contributed by atoms with Crippen molar-refractivity contribution >= 4 is 10.8 Å². The van der Waals surface area contributed by atoms with Crippen molar-refractivity contribution in [3.8, 4) is 0 Å². The highest BCUT2D eigenvalue weighted by molar-refractivity contribution is 5.81. The minimum Gasteiger partial charge on any atom is -0.356 e. The highest BCUT2D eigenvalue weighted by Gasteiger charge is 1.91. The number of hydrogen-bond donors (Lipinski definition) is 0. The summed E-state index contributed by atoms with van der Waals surface area (Å²) in [6.45, 7) is 4.00. The molecule has 0 unspecified atom stereocenters. The predicted molar refractivity (Wildman–Crippen MR) is 54.3 cm³/mol. The molecule has 0 fully saturated rings. The van der Waals surface area contributed by atoms with Crippen molar-refractivity contribution in [1.82, 2.24) is 4.57 Å². The number of benzene rings is 1. The second-order valence-electron chi connectivity index (χ2n) is 2.55. The third-order valence-corrected chi connectivity index (χ3v) is 1.68. The molecule has 1 aromatic heterocycles. The lowest BCUT2D eigenvalue weighted by molar-refractivity contribution is 0.933. The van der Waals surface area contributed by atoms with Gasteiger partial charge in [-0.2, -0.15) is 0 Å². The van der Waals surface area contributed by atoms with Crippen LogP contribution in [0.5, 0.6) is 0 Å². The van der Waals surface area contributed by atoms with Crippen molar-refractivity contribution in [2.45, 2.75) is 13.8 Å². The lowest BCUT2D eigenvalue weighted by Gasteiger charge is -1.81. The minimum atomic E-state index is 1.31. The molecule has 0 N–H and O–H groups in total. The molecule has 0 bridgehead atoms. The number of aryl methyl sites for hydroxylation is 1. The van der Waals surface area contributed by atoms with Crippen LogP contribution in [-0.4, -0.2) is 4.57 Å². The largest absolute Gasteiger partial charge is 0.356 e. The molecule has 0 aliphatic carbocycles. The van der Waals surface area contributed by atoms with Crippen LogP contribution in [-0.2, 0) is 7.05 Å². The summed E-state index contributed by atoms with van der Waals surface area (Å²) < 4.78 is 2.07. The van der Waals surface area contributed by atoms with E-state index in [2.05, 4.69) is 41.2 Å². The van der Waals surface area contributed by atoms with Crippen molar-refractivity contribution in [3.63, 3.8) is 0 Å². The molecule has 64 valence electrons. The van der Waals surface area contributed by atoms with Crippen LogP contribution in [0, 0.1) is 0 Å². The third-order valence-electron chi connectivity index (χ3n) is 1.68. The normalized spacial score (nSPS) is 9.25. The Morgan fingerprint density at radius 3 is 1.75 bits per heavy atom. The fraction of sp³-hybridized carbons (Fsp3) is 0.273. The molecule has 12 heavy (non-hydrogen) atoms. The van der Waals surface area contributed by atoms with Crippen molar-refractivity contribution in [1.29, 1.82) is 0 Å². The maximum absolute atomic E-state index is 2.12. The molecule has 2 aromatic rings. The summed E-state index contributed by atoms with van der Waals surface area (Å²) in [6.07, 6.45) is 4.24. The van der Waals surface area contributed by atoms with E-state index in [4.69, 9.17) is 0 Å². The van der Waals surface area contributed by atoms with Crippen LogP contribution < -0.4 is 0 Å². The standard InChI is InChI=1S/C9H9N.C2H6/c1-10-6-8-4-2-3-5-9(8)7-10;1-2/h2-7H,1H3;1-2H3. The van der Waals surface area contributed by atoms with E-state index < -0.39 is 0 Å². The predicted octanol–water partition coefficient (Wildman–Crippen LogP) is 3.20. The number of aromatic nitrogens is 1. The SMILES string of the molecule is CC.Cn1cc2ccccc2c1. The molecule has 0 aliphatic rings. The zero-order valence-electron chi connectivity index (χ0n) is 7.91. The van der Waals surface area contributed by atoms with Crippen LogP contribution in [0.3, 0.4) is 0 Å². The Morgan fingerprint density at radius 1 is 0.917 bits per heavy atom. The first-order chi connectivity index (χ1) is 5.86. The van der Waals surface area contributed by atoms with Gasteiger partial charge in [0.1, 0.15) is 0 Å². The van der Waals surface area contributed by atoms with E-state index in [0.29, 0.717) is 0 Å². The van der Waals surface area contributed by atoms with E-state index in [1.165, 1.54) is 10.8 Å². The van der Waals surface area contributed by atoms with Crippen LogP contribution >= 0.6 is 0 Å². The molecular formula is C11H15N. The molecule has 0 saturated carbocycles. The van der Waals surface area contributed by atoms with Crippen molar-refractivity contribution < 1.29 is 0 Å². The lowest BCUT2D eigenvalue weighted by atomic mass is 10.2. The average Bonchev–Trinajstić information content (AvgIpc) is 2.48. The van der Waals surface area contributed by atoms with E-state index in [0.717, 1.165) is 0 Å². The van der Waals surface area contributed by atoms with E-state index >= 15 is 0 Å². The van der Waals surface area contributed by atoms with Gasteiger partial charge in [-0.1, -0.05) is 38.1 Å². The average molecular weight is 161 g/mol. The first kappa shape index (κ1) is 8.85. The molecule has 0 atom stereocenters. The van der Waals surface area contributed by atoms with Gasteiger partial charge in [-0.25, -0.2) is 0 Å². The van der Waals surface area contributed by atoms with Gasteiger partial charge in [0.2, 0.25) is 0 Å². The minimum absolute atomic E-state index is 1.31. The lowest BCUT2D eigenvalue weighted by Crippen LogP contribution is -1.75. The Bertz CT molecular complexity index is 314. The van der Waals surface area contributed by atoms with Gasteiger partial charge in [-0.15, -0.1) is 0 Å². The number of fused-ring (bicyclic) bond motifs is 1. The molecule has 1 nitrogen and oxygen atoms in total. The molecule has 1 heteroatoms. The molecular weight excluding hydrogens is 146 g/mol. The van der Waals surface area contributed by atoms with Gasteiger partial charge in [0.25, 0.3) is 0 Å². The smallest absolute Gasteiger partial charge is 0.0111 e. The summed E-state index contributed by atoms with van der Waals surface area (Å²) in [5, 5.41) is 2.62. The number of nitrogens with zero attached hydrogens (tertiary/aromatic N) is 1. The van der Waals surface area contributed by atoms with Gasteiger partial charge in [-0.05, 0) is 10.8 Å². The molecule has 2 rings (SSSR count). The monoisotopic (exact) mass is 161 g/mol. The molecule has 0 spiro atoms. The van der Waals surface area contributed by atoms with Gasteiger partial charge in [0.05, 0.1) is 0 Å². The molecule has 1 aromatic carbocycles. The van der Waals surface area contributed by atoms with Crippen LogP contribution in [0.15, 0.2) is 36.7 Å². The Morgan fingerprint density at radius 2 is 1.33 bits per heavy atom. The highest BCUT2D eigenvalue weighted by Crippen LogP contribution is 2.12. The first-order valence-corrected chi connectivity index (χ1v) is 4.37. The highest BCUT2D eigenvalue weighted by atomic mass is 14.9. The molecule has 0 aliphatic heterocycles. The summed E-state index contributed by atoms with van der Waals surface area (Å²) in [5.74, 6) is 0. The van der Waals surface area contributed by atoms with Crippen molar-refractivity contribution in [2.75, 3.05) is 0 Å². The Kier molecular flexibility index (Phi) is 2.92. The van der Waals surface area contributed by atoms with Gasteiger partial charge in [-0.3, -0.25) is 0 Å². The maximum Gasteiger partial charge on any atom is 0.0111 e. The maximum atomic E-state index is 2.12. The fourth-order valence-corrected chi connectivity index (χ4v) is 1.22. The summed E-state index contributed by atoms with van der Waals surface area (Å²) in [4.78, 5) is 0. The van der Waals surface area contributed by atoms with E-state index in [-0.39, 0.29) is 0 Å². The number of rotatable bonds is 0. The molecule has 0 amide bonds. The molecule has 0 saturated heterocycles. The van der Waals surface area contributed by atoms with Crippen LogP contribution in [0.2, 0.25) is 0 Å². The fourth-order valence-electron chi connectivity index (χ4n) is 1.22. The number of hydrogen-bond acceptors (Lipinski definition) is 0. The Hall–Kier alpha value is -1.24. The third kappa shape index (κ3) is 1.67. The Balaban J connectivity index is 0.000000336. The summed E-state index contributed by atoms with van der Waals surface area (Å²) in [7, 11) is 2.04. The Labute approximate surface area is 73.6 Å². The summed E-state index contributed by atoms with van der Waals surface area (Å²) >= 11 is 0. The summed E-state index contributed by atoms with van der Waals surface area (Å²) in [6, 6.07) is 8.36. The van der Waals surface area contributed by atoms with Gasteiger partial charge < -0.3 is 4.57 Å². The van der Waals surface area contributed by atoms with Crippen molar-refractivity contribution in [2.24, 2.45) is 7.05 Å². The second kappa shape index (κ2) is 3.96. The quantitative estimate of drug-likeness (QED) is 0.559. The molecule has 1 heterocycles. The zero-order chi connectivity index (χ0) is 8.97. The van der Waals surface area contributed by atoms with E-state index in [1.807, 2.05) is 20.9 Å². The van der Waals surface area contributed by atoms with E-state index in [1.54, 1.807) is 0 Å². The second-order valence-corrected chi connectivity index (χ2v) is 2.55. The van der Waals surface area contributed by atoms with E-state index in [9.17, 15) is 0 Å². The van der Waals surface area contributed by atoms with Crippen LogP contribution in [0.1, 0.15) is 13.8 Å². The zero-order valence-corrected chi connectivity index (χ0v) is 7.91. The van der Waals surface area contributed by atoms with Gasteiger partial charge in [0, 0.05) is 19.4 Å². The summed E-state index contributed by atoms with van der Waals surface area (Å²) in [5.41, 5.74) is 0. The van der Waals surface area contributed by atoms with Crippen LogP contribution in [0.4, 0.5) is 0 Å². The van der Waals surface area contributed by atoms with Gasteiger partial charge in [0.15, 0.2) is 0 Å². The first-order valence-electron chi connectivity index (χ1n) is 4.37. The molecule has 0 radical (unpaired) electrons.